The normalized spacial score (nSPS) is 11.8. The molecule has 0 aromatic heterocycles. The molecule has 1 rings (SSSR count). The zero-order chi connectivity index (χ0) is 14.8. The van der Waals surface area contributed by atoms with E-state index in [2.05, 4.69) is 0 Å². The van der Waals surface area contributed by atoms with Crippen molar-refractivity contribution in [3.63, 3.8) is 0 Å². The van der Waals surface area contributed by atoms with Crippen LogP contribution in [0.1, 0.15) is 57.5 Å². The zero-order valence-corrected chi connectivity index (χ0v) is 12.7. The molecule has 0 saturated carbocycles. The van der Waals surface area contributed by atoms with E-state index >= 15 is 0 Å². The lowest BCUT2D eigenvalue weighted by atomic mass is 9.83. The number of nitrogens with zero attached hydrogens (tertiary/aromatic N) is 1. The van der Waals surface area contributed by atoms with Gasteiger partial charge < -0.3 is 4.90 Å². The van der Waals surface area contributed by atoms with Gasteiger partial charge in [-0.15, -0.1) is 0 Å². The largest absolute Gasteiger partial charge is 0.336 e. The minimum absolute atomic E-state index is 0.0954. The van der Waals surface area contributed by atoms with E-state index in [-0.39, 0.29) is 23.2 Å². The van der Waals surface area contributed by atoms with Gasteiger partial charge in [-0.3, -0.25) is 4.79 Å². The summed E-state index contributed by atoms with van der Waals surface area (Å²) in [6.07, 6.45) is 0. The highest BCUT2D eigenvalue weighted by Gasteiger charge is 2.25. The molecule has 0 heterocycles. The Labute approximate surface area is 115 Å². The van der Waals surface area contributed by atoms with Crippen molar-refractivity contribution in [1.29, 1.82) is 0 Å². The number of rotatable bonds is 3. The SMILES string of the molecule is CCN(C(=O)c1cc(F)ccc1C(C)(C)C)C(C)C. The minimum atomic E-state index is -0.365. The molecular formula is C16H24FNO. The van der Waals surface area contributed by atoms with Gasteiger partial charge in [-0.1, -0.05) is 26.8 Å². The third-order valence-corrected chi connectivity index (χ3v) is 3.24. The van der Waals surface area contributed by atoms with Gasteiger partial charge in [-0.25, -0.2) is 4.39 Å². The van der Waals surface area contributed by atoms with Crippen LogP contribution in [0.5, 0.6) is 0 Å². The lowest BCUT2D eigenvalue weighted by Crippen LogP contribution is -2.38. The van der Waals surface area contributed by atoms with E-state index in [0.29, 0.717) is 12.1 Å². The molecule has 0 saturated heterocycles. The summed E-state index contributed by atoms with van der Waals surface area (Å²) in [4.78, 5) is 14.4. The highest BCUT2D eigenvalue weighted by molar-refractivity contribution is 5.96. The van der Waals surface area contributed by atoms with Gasteiger partial charge >= 0.3 is 0 Å². The predicted molar refractivity (Wildman–Crippen MR) is 76.9 cm³/mol. The third kappa shape index (κ3) is 3.55. The number of hydrogen-bond acceptors (Lipinski definition) is 1. The highest BCUT2D eigenvalue weighted by atomic mass is 19.1. The second kappa shape index (κ2) is 5.72. The van der Waals surface area contributed by atoms with Gasteiger partial charge in [0, 0.05) is 18.2 Å². The lowest BCUT2D eigenvalue weighted by Gasteiger charge is -2.29. The summed E-state index contributed by atoms with van der Waals surface area (Å²) in [5, 5.41) is 0. The second-order valence-electron chi connectivity index (χ2n) is 6.12. The molecule has 0 aliphatic carbocycles. The van der Waals surface area contributed by atoms with Gasteiger partial charge in [0.15, 0.2) is 0 Å². The third-order valence-electron chi connectivity index (χ3n) is 3.24. The Bertz CT molecular complexity index is 460. The highest BCUT2D eigenvalue weighted by Crippen LogP contribution is 2.27. The first-order valence-electron chi connectivity index (χ1n) is 6.79. The fourth-order valence-electron chi connectivity index (χ4n) is 2.25. The van der Waals surface area contributed by atoms with Crippen LogP contribution in [-0.2, 0) is 5.41 Å². The topological polar surface area (TPSA) is 20.3 Å². The van der Waals surface area contributed by atoms with E-state index in [9.17, 15) is 9.18 Å². The van der Waals surface area contributed by atoms with Gasteiger partial charge in [0.1, 0.15) is 5.82 Å². The Balaban J connectivity index is 3.32. The van der Waals surface area contributed by atoms with Crippen LogP contribution >= 0.6 is 0 Å². The first-order chi connectivity index (χ1) is 8.68. The van der Waals surface area contributed by atoms with E-state index in [1.165, 1.54) is 12.1 Å². The minimum Gasteiger partial charge on any atom is -0.336 e. The lowest BCUT2D eigenvalue weighted by molar-refractivity contribution is 0.0714. The molecule has 3 heteroatoms. The summed E-state index contributed by atoms with van der Waals surface area (Å²) in [5.41, 5.74) is 1.18. The summed E-state index contributed by atoms with van der Waals surface area (Å²) >= 11 is 0. The van der Waals surface area contributed by atoms with E-state index in [4.69, 9.17) is 0 Å². The number of amides is 1. The summed E-state index contributed by atoms with van der Waals surface area (Å²) in [6.45, 7) is 12.6. The van der Waals surface area contributed by atoms with Crippen LogP contribution in [-0.4, -0.2) is 23.4 Å². The number of hydrogen-bond donors (Lipinski definition) is 0. The van der Waals surface area contributed by atoms with Crippen molar-refractivity contribution >= 4 is 5.91 Å². The maximum absolute atomic E-state index is 13.5. The number of benzene rings is 1. The van der Waals surface area contributed by atoms with Crippen LogP contribution in [0.25, 0.3) is 0 Å². The van der Waals surface area contributed by atoms with Crippen LogP contribution in [0.15, 0.2) is 18.2 Å². The molecule has 1 aromatic rings. The summed E-state index contributed by atoms with van der Waals surface area (Å²) in [7, 11) is 0. The molecule has 0 fully saturated rings. The Kier molecular flexibility index (Phi) is 4.72. The van der Waals surface area contributed by atoms with Crippen molar-refractivity contribution in [2.24, 2.45) is 0 Å². The Hall–Kier alpha value is -1.38. The molecule has 2 nitrogen and oxygen atoms in total. The van der Waals surface area contributed by atoms with Gasteiger partial charge in [-0.05, 0) is 43.9 Å². The quantitative estimate of drug-likeness (QED) is 0.809. The average Bonchev–Trinajstić information content (AvgIpc) is 2.27. The Morgan fingerprint density at radius 2 is 1.89 bits per heavy atom. The predicted octanol–water partition coefficient (Wildman–Crippen LogP) is 3.99. The molecule has 0 N–H and O–H groups in total. The van der Waals surface area contributed by atoms with Crippen LogP contribution in [0.3, 0.4) is 0 Å². The van der Waals surface area contributed by atoms with E-state index in [0.717, 1.165) is 5.56 Å². The van der Waals surface area contributed by atoms with E-state index in [1.807, 2.05) is 41.5 Å². The van der Waals surface area contributed by atoms with Gasteiger partial charge in [0.05, 0.1) is 0 Å². The molecule has 0 radical (unpaired) electrons. The molecule has 0 unspecified atom stereocenters. The van der Waals surface area contributed by atoms with E-state index < -0.39 is 0 Å². The van der Waals surface area contributed by atoms with E-state index in [1.54, 1.807) is 11.0 Å². The smallest absolute Gasteiger partial charge is 0.254 e. The molecule has 0 spiro atoms. The second-order valence-corrected chi connectivity index (χ2v) is 6.12. The van der Waals surface area contributed by atoms with Gasteiger partial charge in [-0.2, -0.15) is 0 Å². The van der Waals surface area contributed by atoms with Crippen molar-refractivity contribution in [2.75, 3.05) is 6.54 Å². The molecule has 106 valence electrons. The number of halogens is 1. The molecule has 0 aliphatic heterocycles. The summed E-state index contributed by atoms with van der Waals surface area (Å²) in [6, 6.07) is 4.60. The summed E-state index contributed by atoms with van der Waals surface area (Å²) in [5.74, 6) is -0.460. The Morgan fingerprint density at radius 1 is 1.32 bits per heavy atom. The molecule has 19 heavy (non-hydrogen) atoms. The number of carbonyl (C=O) groups is 1. The van der Waals surface area contributed by atoms with Crippen LogP contribution in [0.2, 0.25) is 0 Å². The monoisotopic (exact) mass is 265 g/mol. The fourth-order valence-corrected chi connectivity index (χ4v) is 2.25. The van der Waals surface area contributed by atoms with Crippen molar-refractivity contribution in [2.45, 2.75) is 53.0 Å². The zero-order valence-electron chi connectivity index (χ0n) is 12.7. The first kappa shape index (κ1) is 15.7. The molecular weight excluding hydrogens is 241 g/mol. The average molecular weight is 265 g/mol. The fraction of sp³-hybridized carbons (Fsp3) is 0.562. The molecule has 1 aromatic carbocycles. The molecule has 0 aliphatic rings. The molecule has 0 atom stereocenters. The van der Waals surface area contributed by atoms with Crippen LogP contribution < -0.4 is 0 Å². The van der Waals surface area contributed by atoms with Gasteiger partial charge in [0.25, 0.3) is 5.91 Å². The van der Waals surface area contributed by atoms with Crippen LogP contribution in [0.4, 0.5) is 4.39 Å². The van der Waals surface area contributed by atoms with Crippen molar-refractivity contribution in [3.8, 4) is 0 Å². The maximum Gasteiger partial charge on any atom is 0.254 e. The summed E-state index contributed by atoms with van der Waals surface area (Å²) < 4.78 is 13.5. The van der Waals surface area contributed by atoms with Crippen molar-refractivity contribution in [1.82, 2.24) is 4.90 Å². The number of carbonyl (C=O) groups excluding carboxylic acids is 1. The van der Waals surface area contributed by atoms with Crippen LogP contribution in [0, 0.1) is 5.82 Å². The maximum atomic E-state index is 13.5. The van der Waals surface area contributed by atoms with Gasteiger partial charge in [0.2, 0.25) is 0 Å². The Morgan fingerprint density at radius 3 is 2.32 bits per heavy atom. The first-order valence-corrected chi connectivity index (χ1v) is 6.79. The molecule has 0 bridgehead atoms. The molecule has 1 amide bonds. The van der Waals surface area contributed by atoms with Crippen molar-refractivity contribution in [3.05, 3.63) is 35.1 Å². The standard InChI is InChI=1S/C16H24FNO/c1-7-18(11(2)3)15(19)13-10-12(17)8-9-14(13)16(4,5)6/h8-11H,7H2,1-6H3. The van der Waals surface area contributed by atoms with Crippen molar-refractivity contribution < 1.29 is 9.18 Å².